The molecular weight excluding hydrogens is 265 g/mol. The van der Waals surface area contributed by atoms with E-state index in [0.29, 0.717) is 5.92 Å². The molecule has 2 heterocycles. The summed E-state index contributed by atoms with van der Waals surface area (Å²) in [7, 11) is 0. The Labute approximate surface area is 124 Å². The molecule has 110 valence electrons. The molecule has 4 heteroatoms. The fourth-order valence-corrected chi connectivity index (χ4v) is 2.90. The summed E-state index contributed by atoms with van der Waals surface area (Å²) in [5, 5.41) is 0. The third-order valence-corrected chi connectivity index (χ3v) is 3.96. The predicted octanol–water partition coefficient (Wildman–Crippen LogP) is 4.08. The average Bonchev–Trinajstić information content (AvgIpc) is 2.97. The highest BCUT2D eigenvalue weighted by Gasteiger charge is 2.27. The smallest absolute Gasteiger partial charge is 0.133 e. The van der Waals surface area contributed by atoms with Crippen LogP contribution in [0.5, 0.6) is 0 Å². The van der Waals surface area contributed by atoms with Gasteiger partial charge in [0.15, 0.2) is 0 Å². The van der Waals surface area contributed by atoms with Crippen LogP contribution >= 0.6 is 0 Å². The molecule has 0 bridgehead atoms. The van der Waals surface area contributed by atoms with Crippen molar-refractivity contribution in [1.29, 1.82) is 0 Å². The summed E-state index contributed by atoms with van der Waals surface area (Å²) in [6.07, 6.45) is 3.95. The number of aromatic nitrogens is 2. The number of rotatable bonds is 3. The molecule has 1 atom stereocenters. The molecule has 2 aromatic rings. The zero-order chi connectivity index (χ0) is 14.8. The Hall–Kier alpha value is -1.97. The fraction of sp³-hybridized carbons (Fsp3) is 0.412. The van der Waals surface area contributed by atoms with Crippen LogP contribution in [0.1, 0.15) is 50.0 Å². The Morgan fingerprint density at radius 3 is 2.90 bits per heavy atom. The van der Waals surface area contributed by atoms with Crippen LogP contribution in [0.2, 0.25) is 0 Å². The Morgan fingerprint density at radius 1 is 1.29 bits per heavy atom. The van der Waals surface area contributed by atoms with Gasteiger partial charge in [-0.25, -0.2) is 14.4 Å². The van der Waals surface area contributed by atoms with Crippen molar-refractivity contribution < 1.29 is 4.39 Å². The average molecular weight is 285 g/mol. The molecule has 1 aliphatic rings. The summed E-state index contributed by atoms with van der Waals surface area (Å²) < 4.78 is 13.5. The van der Waals surface area contributed by atoms with Gasteiger partial charge in [0.1, 0.15) is 17.5 Å². The molecule has 1 unspecified atom stereocenters. The second-order valence-corrected chi connectivity index (χ2v) is 5.83. The number of benzene rings is 1. The molecule has 1 aliphatic heterocycles. The maximum atomic E-state index is 13.5. The summed E-state index contributed by atoms with van der Waals surface area (Å²) in [5.74, 6) is 1.93. The lowest BCUT2D eigenvalue weighted by Crippen LogP contribution is -2.24. The van der Waals surface area contributed by atoms with Crippen molar-refractivity contribution in [2.75, 3.05) is 11.4 Å². The first-order valence-corrected chi connectivity index (χ1v) is 7.50. The van der Waals surface area contributed by atoms with Crippen molar-refractivity contribution in [1.82, 2.24) is 9.97 Å². The Morgan fingerprint density at radius 2 is 2.14 bits per heavy atom. The molecule has 1 fully saturated rings. The monoisotopic (exact) mass is 285 g/mol. The zero-order valence-electron chi connectivity index (χ0n) is 12.5. The van der Waals surface area contributed by atoms with E-state index in [1.54, 1.807) is 12.1 Å². The van der Waals surface area contributed by atoms with Gasteiger partial charge >= 0.3 is 0 Å². The highest BCUT2D eigenvalue weighted by molar-refractivity contribution is 5.43. The van der Waals surface area contributed by atoms with Gasteiger partial charge < -0.3 is 4.90 Å². The van der Waals surface area contributed by atoms with Crippen molar-refractivity contribution in [2.45, 2.75) is 38.6 Å². The summed E-state index contributed by atoms with van der Waals surface area (Å²) in [4.78, 5) is 11.3. The van der Waals surface area contributed by atoms with Crippen LogP contribution in [0.3, 0.4) is 0 Å². The first-order chi connectivity index (χ1) is 10.1. The summed E-state index contributed by atoms with van der Waals surface area (Å²) in [6.45, 7) is 5.13. The maximum Gasteiger partial charge on any atom is 0.133 e. The molecule has 1 aromatic carbocycles. The number of hydrogen-bond donors (Lipinski definition) is 0. The van der Waals surface area contributed by atoms with Crippen LogP contribution in [-0.2, 0) is 0 Å². The third kappa shape index (κ3) is 2.89. The van der Waals surface area contributed by atoms with Crippen molar-refractivity contribution in [3.8, 4) is 0 Å². The van der Waals surface area contributed by atoms with E-state index in [9.17, 15) is 4.39 Å². The van der Waals surface area contributed by atoms with E-state index in [0.717, 1.165) is 36.6 Å². The van der Waals surface area contributed by atoms with E-state index < -0.39 is 0 Å². The number of anilines is 1. The molecule has 0 spiro atoms. The Bertz CT molecular complexity index is 627. The maximum absolute atomic E-state index is 13.5. The SMILES string of the molecule is CC(C)c1nccc(N2CCCC2c2cccc(F)c2)n1. The summed E-state index contributed by atoms with van der Waals surface area (Å²) in [6, 6.07) is 9.05. The van der Waals surface area contributed by atoms with Gasteiger partial charge in [0, 0.05) is 18.7 Å². The van der Waals surface area contributed by atoms with E-state index in [1.807, 2.05) is 18.3 Å². The molecule has 0 saturated carbocycles. The van der Waals surface area contributed by atoms with Crippen LogP contribution < -0.4 is 4.90 Å². The quantitative estimate of drug-likeness (QED) is 0.851. The van der Waals surface area contributed by atoms with Gasteiger partial charge in [-0.15, -0.1) is 0 Å². The largest absolute Gasteiger partial charge is 0.349 e. The van der Waals surface area contributed by atoms with Crippen LogP contribution in [0.25, 0.3) is 0 Å². The molecule has 0 aliphatic carbocycles. The first-order valence-electron chi connectivity index (χ1n) is 7.50. The predicted molar refractivity (Wildman–Crippen MR) is 81.8 cm³/mol. The molecule has 0 amide bonds. The molecule has 3 rings (SSSR count). The van der Waals surface area contributed by atoms with Crippen molar-refractivity contribution >= 4 is 5.82 Å². The van der Waals surface area contributed by atoms with Gasteiger partial charge in [0.25, 0.3) is 0 Å². The van der Waals surface area contributed by atoms with Gasteiger partial charge in [-0.2, -0.15) is 0 Å². The van der Waals surface area contributed by atoms with Gasteiger partial charge in [-0.3, -0.25) is 0 Å². The third-order valence-electron chi connectivity index (χ3n) is 3.96. The van der Waals surface area contributed by atoms with Gasteiger partial charge in [0.2, 0.25) is 0 Å². The van der Waals surface area contributed by atoms with E-state index >= 15 is 0 Å². The summed E-state index contributed by atoms with van der Waals surface area (Å²) in [5.41, 5.74) is 1.03. The molecule has 1 aromatic heterocycles. The van der Waals surface area contributed by atoms with Crippen LogP contribution in [0, 0.1) is 5.82 Å². The molecular formula is C17H20FN3. The minimum atomic E-state index is -0.176. The van der Waals surface area contributed by atoms with E-state index in [1.165, 1.54) is 6.07 Å². The second kappa shape index (κ2) is 5.80. The lowest BCUT2D eigenvalue weighted by atomic mass is 10.0. The van der Waals surface area contributed by atoms with E-state index in [2.05, 4.69) is 28.7 Å². The van der Waals surface area contributed by atoms with Crippen molar-refractivity contribution in [3.63, 3.8) is 0 Å². The lowest BCUT2D eigenvalue weighted by molar-refractivity contribution is 0.617. The highest BCUT2D eigenvalue weighted by atomic mass is 19.1. The number of halogens is 1. The van der Waals surface area contributed by atoms with Crippen molar-refractivity contribution in [2.24, 2.45) is 0 Å². The van der Waals surface area contributed by atoms with Gasteiger partial charge in [-0.05, 0) is 36.6 Å². The normalized spacial score (nSPS) is 18.5. The van der Waals surface area contributed by atoms with Crippen LogP contribution in [0.4, 0.5) is 10.2 Å². The van der Waals surface area contributed by atoms with Gasteiger partial charge in [-0.1, -0.05) is 26.0 Å². The van der Waals surface area contributed by atoms with Gasteiger partial charge in [0.05, 0.1) is 6.04 Å². The van der Waals surface area contributed by atoms with Crippen molar-refractivity contribution in [3.05, 3.63) is 53.7 Å². The molecule has 0 radical (unpaired) electrons. The molecule has 0 N–H and O–H groups in total. The number of nitrogens with zero attached hydrogens (tertiary/aromatic N) is 3. The minimum absolute atomic E-state index is 0.176. The van der Waals surface area contributed by atoms with Crippen LogP contribution in [-0.4, -0.2) is 16.5 Å². The fourth-order valence-electron chi connectivity index (χ4n) is 2.90. The standard InChI is InChI=1S/C17H20FN3/c1-12(2)17-19-9-8-16(20-17)21-10-4-7-15(21)13-5-3-6-14(18)11-13/h3,5-6,8-9,11-12,15H,4,7,10H2,1-2H3. The summed E-state index contributed by atoms with van der Waals surface area (Å²) >= 11 is 0. The zero-order valence-corrected chi connectivity index (χ0v) is 12.5. The first kappa shape index (κ1) is 14.0. The van der Waals surface area contributed by atoms with E-state index in [4.69, 9.17) is 0 Å². The Balaban J connectivity index is 1.92. The Kier molecular flexibility index (Phi) is 3.86. The molecule has 3 nitrogen and oxygen atoms in total. The highest BCUT2D eigenvalue weighted by Crippen LogP contribution is 2.35. The molecule has 21 heavy (non-hydrogen) atoms. The van der Waals surface area contributed by atoms with E-state index in [-0.39, 0.29) is 11.9 Å². The number of hydrogen-bond acceptors (Lipinski definition) is 3. The van der Waals surface area contributed by atoms with Crippen LogP contribution in [0.15, 0.2) is 36.5 Å². The second-order valence-electron chi connectivity index (χ2n) is 5.83. The minimum Gasteiger partial charge on any atom is -0.349 e. The topological polar surface area (TPSA) is 29.0 Å². The lowest BCUT2D eigenvalue weighted by Gasteiger charge is -2.26. The molecule has 1 saturated heterocycles.